The summed E-state index contributed by atoms with van der Waals surface area (Å²) >= 11 is 0. The first-order valence-electron chi connectivity index (χ1n) is 6.16. The number of amides is 1. The molecule has 4 N–H and O–H groups in total. The van der Waals surface area contributed by atoms with Gasteiger partial charge in [-0.1, -0.05) is 5.16 Å². The summed E-state index contributed by atoms with van der Waals surface area (Å²) < 4.78 is 5.36. The number of carbonyl (C=O) groups is 1. The number of amidine groups is 1. The molecule has 0 aliphatic heterocycles. The molecule has 0 aliphatic carbocycles. The molecule has 0 aliphatic rings. The Bertz CT molecular complexity index is 656. The minimum absolute atomic E-state index is 0.0693. The molecular formula is C13H15N5O3. The van der Waals surface area contributed by atoms with Crippen LogP contribution in [-0.4, -0.2) is 26.9 Å². The number of oxime groups is 1. The summed E-state index contributed by atoms with van der Waals surface area (Å²) in [6.07, 6.45) is 1.35. The number of pyridine rings is 1. The lowest BCUT2D eigenvalue weighted by atomic mass is 10.2. The van der Waals surface area contributed by atoms with E-state index in [2.05, 4.69) is 20.4 Å². The number of carbonyl (C=O) groups excluding carboxylic acids is 1. The topological polar surface area (TPSA) is 127 Å². The highest BCUT2D eigenvalue weighted by molar-refractivity contribution is 5.98. The maximum Gasteiger partial charge on any atom is 0.270 e. The quantitative estimate of drug-likeness (QED) is 0.329. The molecule has 8 nitrogen and oxygen atoms in total. The first-order valence-corrected chi connectivity index (χ1v) is 6.16. The summed E-state index contributed by atoms with van der Waals surface area (Å²) in [4.78, 5) is 20.0. The summed E-state index contributed by atoms with van der Waals surface area (Å²) in [6.45, 7) is 3.82. The lowest BCUT2D eigenvalue weighted by Gasteiger charge is -2.03. The van der Waals surface area contributed by atoms with Crippen molar-refractivity contribution in [1.82, 2.24) is 15.3 Å². The summed E-state index contributed by atoms with van der Waals surface area (Å²) in [5.41, 5.74) is 6.84. The Labute approximate surface area is 120 Å². The van der Waals surface area contributed by atoms with Crippen LogP contribution in [0.25, 0.3) is 0 Å². The predicted octanol–water partition coefficient (Wildman–Crippen LogP) is 0.711. The molecule has 0 saturated heterocycles. The molecule has 0 bridgehead atoms. The van der Waals surface area contributed by atoms with Crippen molar-refractivity contribution in [3.63, 3.8) is 0 Å². The van der Waals surface area contributed by atoms with Crippen LogP contribution in [0.3, 0.4) is 0 Å². The van der Waals surface area contributed by atoms with Gasteiger partial charge in [-0.2, -0.15) is 0 Å². The Morgan fingerprint density at radius 1 is 1.48 bits per heavy atom. The Hall–Kier alpha value is -2.90. The van der Waals surface area contributed by atoms with Crippen LogP contribution in [0.2, 0.25) is 0 Å². The fourth-order valence-electron chi connectivity index (χ4n) is 1.60. The van der Waals surface area contributed by atoms with Crippen molar-refractivity contribution >= 4 is 11.7 Å². The van der Waals surface area contributed by atoms with Crippen molar-refractivity contribution in [2.75, 3.05) is 0 Å². The molecule has 2 aromatic heterocycles. The lowest BCUT2D eigenvalue weighted by molar-refractivity contribution is 0.0942. The Morgan fingerprint density at radius 2 is 2.24 bits per heavy atom. The summed E-state index contributed by atoms with van der Waals surface area (Å²) in [5, 5.41) is 14.0. The second kappa shape index (κ2) is 6.04. The minimum Gasteiger partial charge on any atom is -0.444 e. The number of aromatic nitrogens is 2. The molecule has 2 rings (SSSR count). The molecule has 0 radical (unpaired) electrons. The number of oxazole rings is 1. The largest absolute Gasteiger partial charge is 0.444 e. The Kier molecular flexibility index (Phi) is 4.17. The van der Waals surface area contributed by atoms with Crippen LogP contribution in [0.5, 0.6) is 0 Å². The number of rotatable bonds is 4. The van der Waals surface area contributed by atoms with Crippen molar-refractivity contribution in [3.8, 4) is 0 Å². The van der Waals surface area contributed by atoms with Crippen molar-refractivity contribution in [2.24, 2.45) is 10.9 Å². The smallest absolute Gasteiger partial charge is 0.270 e. The summed E-state index contributed by atoms with van der Waals surface area (Å²) in [6, 6.07) is 3.02. The zero-order chi connectivity index (χ0) is 15.4. The van der Waals surface area contributed by atoms with Crippen LogP contribution in [0.1, 0.15) is 33.4 Å². The van der Waals surface area contributed by atoms with Gasteiger partial charge >= 0.3 is 0 Å². The van der Waals surface area contributed by atoms with E-state index in [0.29, 0.717) is 11.5 Å². The van der Waals surface area contributed by atoms with Gasteiger partial charge in [0, 0.05) is 11.8 Å². The number of aryl methyl sites for hydroxylation is 2. The first-order chi connectivity index (χ1) is 10.0. The molecule has 110 valence electrons. The van der Waals surface area contributed by atoms with Gasteiger partial charge < -0.3 is 20.7 Å². The van der Waals surface area contributed by atoms with E-state index in [1.54, 1.807) is 6.92 Å². The van der Waals surface area contributed by atoms with Crippen molar-refractivity contribution in [1.29, 1.82) is 0 Å². The number of nitrogens with one attached hydrogen (secondary N) is 1. The highest BCUT2D eigenvalue weighted by Gasteiger charge is 2.11. The number of hydrogen-bond acceptors (Lipinski definition) is 6. The summed E-state index contributed by atoms with van der Waals surface area (Å²) in [5.74, 6) is 0.724. The SMILES string of the molecule is Cc1nc(CNC(=O)c2ccc(/C(N)=N/O)cn2)oc1C. The van der Waals surface area contributed by atoms with Crippen molar-refractivity contribution in [2.45, 2.75) is 20.4 Å². The van der Waals surface area contributed by atoms with Crippen molar-refractivity contribution in [3.05, 3.63) is 46.9 Å². The normalized spacial score (nSPS) is 11.4. The Balaban J connectivity index is 2.00. The fraction of sp³-hybridized carbons (Fsp3) is 0.231. The first kappa shape index (κ1) is 14.5. The molecule has 21 heavy (non-hydrogen) atoms. The molecule has 0 saturated carbocycles. The maximum atomic E-state index is 11.9. The molecule has 2 aromatic rings. The molecule has 2 heterocycles. The number of hydrogen-bond donors (Lipinski definition) is 3. The highest BCUT2D eigenvalue weighted by atomic mass is 16.4. The molecule has 1 amide bonds. The van der Waals surface area contributed by atoms with Crippen molar-refractivity contribution < 1.29 is 14.4 Å². The number of nitrogens with two attached hydrogens (primary N) is 1. The van der Waals surface area contributed by atoms with E-state index in [1.807, 2.05) is 6.92 Å². The van der Waals surface area contributed by atoms with Gasteiger partial charge in [-0.25, -0.2) is 4.98 Å². The molecule has 8 heteroatoms. The zero-order valence-electron chi connectivity index (χ0n) is 11.6. The fourth-order valence-corrected chi connectivity index (χ4v) is 1.60. The highest BCUT2D eigenvalue weighted by Crippen LogP contribution is 2.08. The molecule has 0 atom stereocenters. The standard InChI is InChI=1S/C13H15N5O3/c1-7-8(2)21-11(17-7)6-16-13(19)10-4-3-9(5-15-10)12(14)18-20/h3-5,20H,6H2,1-2H3,(H2,14,18)(H,16,19). The zero-order valence-corrected chi connectivity index (χ0v) is 11.6. The second-order valence-electron chi connectivity index (χ2n) is 4.35. The third kappa shape index (κ3) is 3.35. The average Bonchev–Trinajstić information content (AvgIpc) is 2.82. The van der Waals surface area contributed by atoms with Crippen LogP contribution in [0.15, 0.2) is 27.9 Å². The van der Waals surface area contributed by atoms with Crippen LogP contribution in [0, 0.1) is 13.8 Å². The van der Waals surface area contributed by atoms with Gasteiger partial charge in [0.05, 0.1) is 12.2 Å². The maximum absolute atomic E-state index is 11.9. The minimum atomic E-state index is -0.366. The van der Waals surface area contributed by atoms with E-state index in [1.165, 1.54) is 18.3 Å². The van der Waals surface area contributed by atoms with E-state index in [-0.39, 0.29) is 24.0 Å². The third-order valence-corrected chi connectivity index (χ3v) is 2.87. The van der Waals surface area contributed by atoms with Crippen LogP contribution < -0.4 is 11.1 Å². The molecule has 0 aromatic carbocycles. The monoisotopic (exact) mass is 289 g/mol. The second-order valence-corrected chi connectivity index (χ2v) is 4.35. The number of nitrogens with zero attached hydrogens (tertiary/aromatic N) is 3. The van der Waals surface area contributed by atoms with Gasteiger partial charge in [-0.3, -0.25) is 9.78 Å². The van der Waals surface area contributed by atoms with Crippen LogP contribution in [0.4, 0.5) is 0 Å². The third-order valence-electron chi connectivity index (χ3n) is 2.87. The molecule has 0 unspecified atom stereocenters. The van der Waals surface area contributed by atoms with Crippen LogP contribution >= 0.6 is 0 Å². The lowest BCUT2D eigenvalue weighted by Crippen LogP contribution is -2.24. The van der Waals surface area contributed by atoms with Gasteiger partial charge in [0.2, 0.25) is 5.89 Å². The predicted molar refractivity (Wildman–Crippen MR) is 73.9 cm³/mol. The van der Waals surface area contributed by atoms with Crippen LogP contribution in [-0.2, 0) is 6.54 Å². The van der Waals surface area contributed by atoms with E-state index in [0.717, 1.165) is 11.5 Å². The van der Waals surface area contributed by atoms with Gasteiger partial charge in [0.1, 0.15) is 11.5 Å². The van der Waals surface area contributed by atoms with E-state index in [9.17, 15) is 4.79 Å². The van der Waals surface area contributed by atoms with Gasteiger partial charge in [0.15, 0.2) is 5.84 Å². The molecular weight excluding hydrogens is 274 g/mol. The van der Waals surface area contributed by atoms with Gasteiger partial charge in [-0.15, -0.1) is 0 Å². The van der Waals surface area contributed by atoms with Gasteiger partial charge in [-0.05, 0) is 26.0 Å². The average molecular weight is 289 g/mol. The van der Waals surface area contributed by atoms with E-state index in [4.69, 9.17) is 15.4 Å². The van der Waals surface area contributed by atoms with E-state index >= 15 is 0 Å². The summed E-state index contributed by atoms with van der Waals surface area (Å²) in [7, 11) is 0. The molecule has 0 fully saturated rings. The Morgan fingerprint density at radius 3 is 2.76 bits per heavy atom. The van der Waals surface area contributed by atoms with Gasteiger partial charge in [0.25, 0.3) is 5.91 Å². The van der Waals surface area contributed by atoms with E-state index < -0.39 is 0 Å². The molecule has 0 spiro atoms.